The van der Waals surface area contributed by atoms with Gasteiger partial charge in [-0.25, -0.2) is 4.39 Å². The van der Waals surface area contributed by atoms with Crippen LogP contribution in [0.2, 0.25) is 0 Å². The second-order valence-electron chi connectivity index (χ2n) is 7.91. The first kappa shape index (κ1) is 29.2. The molecule has 11 nitrogen and oxygen atoms in total. The second-order valence-corrected chi connectivity index (χ2v) is 8.97. The molecule has 0 saturated heterocycles. The van der Waals surface area contributed by atoms with E-state index in [0.717, 1.165) is 35.9 Å². The normalized spacial score (nSPS) is 12.9. The van der Waals surface area contributed by atoms with Gasteiger partial charge in [0.05, 0.1) is 37.0 Å². The number of aliphatic imine (C=N–C) groups is 1. The maximum Gasteiger partial charge on any atom is 0.416 e. The predicted molar refractivity (Wildman–Crippen MR) is 136 cm³/mol. The molecule has 0 bridgehead atoms. The molecule has 3 aromatic rings. The van der Waals surface area contributed by atoms with E-state index in [1.54, 1.807) is 24.4 Å². The van der Waals surface area contributed by atoms with E-state index in [-0.39, 0.29) is 54.8 Å². The summed E-state index contributed by atoms with van der Waals surface area (Å²) < 4.78 is 52.7. The molecule has 4 N–H and O–H groups in total. The van der Waals surface area contributed by atoms with E-state index in [1.807, 2.05) is 0 Å². The fourth-order valence-electron chi connectivity index (χ4n) is 3.02. The van der Waals surface area contributed by atoms with Crippen molar-refractivity contribution in [3.05, 3.63) is 64.7 Å². The number of halogens is 4. The molecule has 0 fully saturated rings. The van der Waals surface area contributed by atoms with Gasteiger partial charge in [-0.15, -0.1) is 10.2 Å². The molecule has 39 heavy (non-hydrogen) atoms. The quantitative estimate of drug-likeness (QED) is 0.132. The predicted octanol–water partition coefficient (Wildman–Crippen LogP) is 2.50. The minimum atomic E-state index is -4.55. The van der Waals surface area contributed by atoms with Crippen molar-refractivity contribution in [3.8, 4) is 0 Å². The van der Waals surface area contributed by atoms with Gasteiger partial charge >= 0.3 is 6.18 Å². The molecule has 1 unspecified atom stereocenters. The molecule has 3 heterocycles. The number of hydrazone groups is 1. The van der Waals surface area contributed by atoms with Gasteiger partial charge < -0.3 is 16.5 Å². The number of alkyl halides is 4. The Labute approximate surface area is 223 Å². The van der Waals surface area contributed by atoms with Crippen molar-refractivity contribution in [3.63, 3.8) is 0 Å². The fraction of sp³-hybridized carbons (Fsp3) is 0.304. The number of anilines is 1. The Hall–Kier alpha value is -4.34. The van der Waals surface area contributed by atoms with Crippen LogP contribution in [-0.2, 0) is 35.2 Å². The lowest BCUT2D eigenvalue weighted by atomic mass is 10.2. The van der Waals surface area contributed by atoms with Crippen molar-refractivity contribution in [2.24, 2.45) is 15.9 Å². The van der Waals surface area contributed by atoms with E-state index < -0.39 is 23.8 Å². The van der Waals surface area contributed by atoms with Crippen LogP contribution in [0.3, 0.4) is 0 Å². The largest absolute Gasteiger partial charge is 0.416 e. The van der Waals surface area contributed by atoms with Crippen molar-refractivity contribution in [2.75, 3.05) is 11.9 Å². The van der Waals surface area contributed by atoms with Crippen LogP contribution in [0.25, 0.3) is 0 Å². The van der Waals surface area contributed by atoms with Crippen LogP contribution in [0, 0.1) is 0 Å². The number of carbonyl (C=O) groups is 2. The van der Waals surface area contributed by atoms with Gasteiger partial charge in [0.2, 0.25) is 11.0 Å². The summed E-state index contributed by atoms with van der Waals surface area (Å²) in [6.07, 6.45) is -2.02. The number of hydrogen-bond acceptors (Lipinski definition) is 10. The van der Waals surface area contributed by atoms with Crippen LogP contribution in [0.5, 0.6) is 0 Å². The maximum absolute atomic E-state index is 14.3. The van der Waals surface area contributed by atoms with Gasteiger partial charge in [0, 0.05) is 24.5 Å². The average Bonchev–Trinajstić information content (AvgIpc) is 3.35. The lowest BCUT2D eigenvalue weighted by molar-refractivity contribution is -0.137. The second kappa shape index (κ2) is 14.0. The number of nitrogens with one attached hydrogen (secondary N) is 2. The summed E-state index contributed by atoms with van der Waals surface area (Å²) in [5, 5.41) is 16.8. The number of rotatable bonds is 12. The number of nitrogens with two attached hydrogens (primary N) is 1. The first-order chi connectivity index (χ1) is 18.6. The Bertz CT molecular complexity index is 1320. The highest BCUT2D eigenvalue weighted by molar-refractivity contribution is 7.15. The van der Waals surface area contributed by atoms with Crippen LogP contribution in [-0.4, -0.2) is 56.6 Å². The van der Waals surface area contributed by atoms with Gasteiger partial charge in [0.1, 0.15) is 11.2 Å². The maximum atomic E-state index is 14.3. The van der Waals surface area contributed by atoms with Gasteiger partial charge in [-0.2, -0.15) is 18.3 Å². The van der Waals surface area contributed by atoms with E-state index in [9.17, 15) is 27.2 Å². The summed E-state index contributed by atoms with van der Waals surface area (Å²) in [4.78, 5) is 36.0. The smallest absolute Gasteiger partial charge is 0.345 e. The standard InChI is InChI=1S/C23H23F4N9O2S/c24-15(4-5-20-35-36-22(39-20)33-19(37)10-16-3-1-2-7-30-16)11-29-13-18(34-28)21(38)32-12-17-9-14(6-8-31-17)23(25,26)27/h1-3,6-9,13,15H,4-5,10-12,28H2,(H,32,38)(H,33,36,37). The Morgan fingerprint density at radius 3 is 2.64 bits per heavy atom. The minimum Gasteiger partial charge on any atom is -0.345 e. The molecule has 0 saturated carbocycles. The molecule has 16 heteroatoms. The summed E-state index contributed by atoms with van der Waals surface area (Å²) in [6, 6.07) is 6.86. The van der Waals surface area contributed by atoms with Gasteiger partial charge in [0.15, 0.2) is 5.71 Å². The summed E-state index contributed by atoms with van der Waals surface area (Å²) >= 11 is 1.12. The molecule has 0 aliphatic heterocycles. The monoisotopic (exact) mass is 565 g/mol. The minimum absolute atomic E-state index is 0.0251. The van der Waals surface area contributed by atoms with E-state index in [2.05, 4.69) is 40.9 Å². The summed E-state index contributed by atoms with van der Waals surface area (Å²) in [6.45, 7) is -0.608. The van der Waals surface area contributed by atoms with E-state index in [4.69, 9.17) is 5.84 Å². The number of nitrogens with zero attached hydrogens (tertiary/aromatic N) is 6. The summed E-state index contributed by atoms with van der Waals surface area (Å²) in [5.41, 5.74) is -0.666. The number of hydrogen-bond donors (Lipinski definition) is 3. The number of aryl methyl sites for hydroxylation is 1. The lowest BCUT2D eigenvalue weighted by Gasteiger charge is -2.09. The molecule has 0 aromatic carbocycles. The van der Waals surface area contributed by atoms with Crippen molar-refractivity contribution in [1.82, 2.24) is 25.5 Å². The Morgan fingerprint density at radius 2 is 1.92 bits per heavy atom. The van der Waals surface area contributed by atoms with Crippen LogP contribution in [0.1, 0.15) is 28.4 Å². The topological polar surface area (TPSA) is 160 Å². The van der Waals surface area contributed by atoms with Crippen LogP contribution < -0.4 is 16.5 Å². The van der Waals surface area contributed by atoms with Gasteiger partial charge in [0.25, 0.3) is 5.91 Å². The zero-order valence-corrected chi connectivity index (χ0v) is 21.0. The number of pyridine rings is 2. The zero-order chi connectivity index (χ0) is 28.3. The molecule has 0 aliphatic rings. The summed E-state index contributed by atoms with van der Waals surface area (Å²) in [5.74, 6) is 4.06. The summed E-state index contributed by atoms with van der Waals surface area (Å²) in [7, 11) is 0. The zero-order valence-electron chi connectivity index (χ0n) is 20.2. The highest BCUT2D eigenvalue weighted by Gasteiger charge is 2.30. The van der Waals surface area contributed by atoms with Crippen LogP contribution in [0.15, 0.2) is 52.8 Å². The third-order valence-corrected chi connectivity index (χ3v) is 5.81. The molecule has 0 aliphatic carbocycles. The third-order valence-electron chi connectivity index (χ3n) is 4.92. The number of carbonyl (C=O) groups excluding carboxylic acids is 2. The number of amides is 2. The highest BCUT2D eigenvalue weighted by atomic mass is 32.1. The molecule has 2 amide bonds. The molecular weight excluding hydrogens is 542 g/mol. The fourth-order valence-corrected chi connectivity index (χ4v) is 3.80. The number of aromatic nitrogens is 4. The average molecular weight is 566 g/mol. The molecular formula is C23H23F4N9O2S. The third kappa shape index (κ3) is 9.81. The first-order valence-corrected chi connectivity index (χ1v) is 12.2. The van der Waals surface area contributed by atoms with Crippen LogP contribution >= 0.6 is 11.3 Å². The Kier molecular flexibility index (Phi) is 10.5. The lowest BCUT2D eigenvalue weighted by Crippen LogP contribution is -2.32. The van der Waals surface area contributed by atoms with Gasteiger partial charge in [-0.05, 0) is 30.7 Å². The van der Waals surface area contributed by atoms with Crippen molar-refractivity contribution in [2.45, 2.75) is 38.2 Å². The van der Waals surface area contributed by atoms with Crippen molar-refractivity contribution < 1.29 is 27.2 Å². The molecule has 206 valence electrons. The highest BCUT2D eigenvalue weighted by Crippen LogP contribution is 2.29. The molecule has 3 aromatic heterocycles. The molecule has 1 atom stereocenters. The molecule has 0 radical (unpaired) electrons. The molecule has 0 spiro atoms. The van der Waals surface area contributed by atoms with Crippen LogP contribution in [0.4, 0.5) is 22.7 Å². The Morgan fingerprint density at radius 1 is 1.13 bits per heavy atom. The van der Waals surface area contributed by atoms with Gasteiger partial charge in [-0.1, -0.05) is 17.4 Å². The van der Waals surface area contributed by atoms with E-state index >= 15 is 0 Å². The first-order valence-electron chi connectivity index (χ1n) is 11.4. The van der Waals surface area contributed by atoms with Crippen molar-refractivity contribution >= 4 is 40.2 Å². The van der Waals surface area contributed by atoms with Crippen molar-refractivity contribution in [1.29, 1.82) is 0 Å². The Balaban J connectivity index is 1.40. The SMILES string of the molecule is NN=C(C=NCC(F)CCc1nnc(NC(=O)Cc2ccccn2)s1)C(=O)NCc1cc(C(F)(F)F)ccn1. The molecule has 3 rings (SSSR count). The van der Waals surface area contributed by atoms with Gasteiger partial charge in [-0.3, -0.25) is 24.5 Å². The van der Waals surface area contributed by atoms with E-state index in [0.29, 0.717) is 10.7 Å². The van der Waals surface area contributed by atoms with E-state index in [1.165, 1.54) is 0 Å².